The molecule has 1 heterocycles. The van der Waals surface area contributed by atoms with Gasteiger partial charge in [-0.3, -0.25) is 4.79 Å². The van der Waals surface area contributed by atoms with E-state index in [1.54, 1.807) is 18.5 Å². The quantitative estimate of drug-likeness (QED) is 0.845. The van der Waals surface area contributed by atoms with Crippen LogP contribution in [-0.2, 0) is 11.3 Å². The van der Waals surface area contributed by atoms with Crippen LogP contribution in [0.25, 0.3) is 6.08 Å². The molecule has 0 aliphatic rings. The number of imidazole rings is 1. The van der Waals surface area contributed by atoms with Crippen LogP contribution in [0.2, 0.25) is 5.02 Å². The first-order valence-corrected chi connectivity index (χ1v) is 5.92. The summed E-state index contributed by atoms with van der Waals surface area (Å²) in [6.45, 7) is 0.320. The number of carbonyl (C=O) groups is 1. The van der Waals surface area contributed by atoms with Crippen molar-refractivity contribution in [1.29, 1.82) is 0 Å². The maximum absolute atomic E-state index is 12.9. The Hall–Kier alpha value is -2.14. The molecule has 1 aromatic heterocycles. The highest BCUT2D eigenvalue weighted by Crippen LogP contribution is 2.16. The van der Waals surface area contributed by atoms with Gasteiger partial charge in [-0.1, -0.05) is 17.7 Å². The summed E-state index contributed by atoms with van der Waals surface area (Å²) in [5.41, 5.74) is 0.652. The van der Waals surface area contributed by atoms with Crippen LogP contribution in [0.15, 0.2) is 36.7 Å². The molecule has 98 valence electrons. The average molecular weight is 280 g/mol. The summed E-state index contributed by atoms with van der Waals surface area (Å²) in [4.78, 5) is 18.4. The fraction of sp³-hybridized carbons (Fsp3) is 0.0769. The maximum Gasteiger partial charge on any atom is 0.244 e. The first-order valence-electron chi connectivity index (χ1n) is 5.54. The van der Waals surface area contributed by atoms with Gasteiger partial charge >= 0.3 is 0 Å². The highest BCUT2D eigenvalue weighted by molar-refractivity contribution is 6.30. The first kappa shape index (κ1) is 13.3. The lowest BCUT2D eigenvalue weighted by Crippen LogP contribution is -2.20. The summed E-state index contributed by atoms with van der Waals surface area (Å²) >= 11 is 5.64. The van der Waals surface area contributed by atoms with Crippen molar-refractivity contribution >= 4 is 23.6 Å². The first-order chi connectivity index (χ1) is 9.15. The van der Waals surface area contributed by atoms with E-state index in [1.165, 1.54) is 24.3 Å². The number of nitrogens with zero attached hydrogens (tertiary/aromatic N) is 1. The standard InChI is InChI=1S/C13H11ClFN3O/c14-10-7-9(1-3-11(10)15)2-4-13(19)18-8-12-16-5-6-17-12/h1-7H,8H2,(H,16,17)(H,18,19). The molecule has 0 atom stereocenters. The van der Waals surface area contributed by atoms with Gasteiger partial charge in [-0.25, -0.2) is 9.37 Å². The molecule has 0 saturated carbocycles. The number of hydrogen-bond acceptors (Lipinski definition) is 2. The van der Waals surface area contributed by atoms with Gasteiger partial charge in [0.05, 0.1) is 11.6 Å². The highest BCUT2D eigenvalue weighted by atomic mass is 35.5. The van der Waals surface area contributed by atoms with Gasteiger partial charge in [-0.2, -0.15) is 0 Å². The normalized spacial score (nSPS) is 10.8. The third-order valence-corrected chi connectivity index (χ3v) is 2.65. The van der Waals surface area contributed by atoms with Gasteiger partial charge < -0.3 is 10.3 Å². The Labute approximate surface area is 114 Å². The van der Waals surface area contributed by atoms with Crippen molar-refractivity contribution in [3.05, 3.63) is 58.9 Å². The molecule has 19 heavy (non-hydrogen) atoms. The lowest BCUT2D eigenvalue weighted by atomic mass is 10.2. The fourth-order valence-corrected chi connectivity index (χ4v) is 1.60. The van der Waals surface area contributed by atoms with Crippen molar-refractivity contribution in [2.75, 3.05) is 0 Å². The van der Waals surface area contributed by atoms with Crippen LogP contribution in [-0.4, -0.2) is 15.9 Å². The van der Waals surface area contributed by atoms with E-state index in [1.807, 2.05) is 0 Å². The average Bonchev–Trinajstić information content (AvgIpc) is 2.91. The molecule has 1 amide bonds. The molecular formula is C13H11ClFN3O. The summed E-state index contributed by atoms with van der Waals surface area (Å²) in [5, 5.41) is 2.68. The molecule has 1 aromatic carbocycles. The number of amides is 1. The number of benzene rings is 1. The van der Waals surface area contributed by atoms with Crippen molar-refractivity contribution in [3.63, 3.8) is 0 Å². The second kappa shape index (κ2) is 6.15. The van der Waals surface area contributed by atoms with Gasteiger partial charge in [0.2, 0.25) is 5.91 Å². The summed E-state index contributed by atoms with van der Waals surface area (Å²) in [7, 11) is 0. The molecule has 0 aliphatic heterocycles. The van der Waals surface area contributed by atoms with E-state index in [2.05, 4.69) is 15.3 Å². The lowest BCUT2D eigenvalue weighted by Gasteiger charge is -1.99. The molecule has 0 fully saturated rings. The number of aromatic amines is 1. The Morgan fingerprint density at radius 1 is 1.53 bits per heavy atom. The van der Waals surface area contributed by atoms with Crippen LogP contribution >= 0.6 is 11.6 Å². The van der Waals surface area contributed by atoms with Gasteiger partial charge in [-0.15, -0.1) is 0 Å². The molecule has 0 saturated heterocycles. The van der Waals surface area contributed by atoms with Gasteiger partial charge in [0, 0.05) is 18.5 Å². The molecule has 2 N–H and O–H groups in total. The van der Waals surface area contributed by atoms with Crippen LogP contribution in [0, 0.1) is 5.82 Å². The third kappa shape index (κ3) is 3.93. The van der Waals surface area contributed by atoms with Crippen LogP contribution in [0.4, 0.5) is 4.39 Å². The largest absolute Gasteiger partial charge is 0.347 e. The molecule has 4 nitrogen and oxygen atoms in total. The highest BCUT2D eigenvalue weighted by Gasteiger charge is 2.00. The summed E-state index contributed by atoms with van der Waals surface area (Å²) < 4.78 is 12.9. The van der Waals surface area contributed by atoms with Gasteiger partial charge in [-0.05, 0) is 23.8 Å². The van der Waals surface area contributed by atoms with Crippen molar-refractivity contribution < 1.29 is 9.18 Å². The van der Waals surface area contributed by atoms with Crippen molar-refractivity contribution in [2.45, 2.75) is 6.54 Å². The topological polar surface area (TPSA) is 57.8 Å². The maximum atomic E-state index is 12.9. The summed E-state index contributed by atoms with van der Waals surface area (Å²) in [5.74, 6) is -0.0792. The smallest absolute Gasteiger partial charge is 0.244 e. The summed E-state index contributed by atoms with van der Waals surface area (Å²) in [6.07, 6.45) is 6.20. The van der Waals surface area contributed by atoms with Gasteiger partial charge in [0.25, 0.3) is 0 Å². The zero-order valence-corrected chi connectivity index (χ0v) is 10.6. The fourth-order valence-electron chi connectivity index (χ4n) is 1.41. The molecule has 0 unspecified atom stereocenters. The zero-order valence-electron chi connectivity index (χ0n) is 9.86. The predicted octanol–water partition coefficient (Wildman–Crippen LogP) is 2.53. The lowest BCUT2D eigenvalue weighted by molar-refractivity contribution is -0.116. The van der Waals surface area contributed by atoms with Gasteiger partial charge in [0.1, 0.15) is 11.6 Å². The number of carbonyl (C=O) groups excluding carboxylic acids is 1. The van der Waals surface area contributed by atoms with E-state index in [0.717, 1.165) is 0 Å². The number of hydrogen-bond donors (Lipinski definition) is 2. The molecule has 0 bridgehead atoms. The molecule has 0 spiro atoms. The van der Waals surface area contributed by atoms with E-state index < -0.39 is 5.82 Å². The number of halogens is 2. The number of aromatic nitrogens is 2. The SMILES string of the molecule is O=C(C=Cc1ccc(F)c(Cl)c1)NCc1ncc[nH]1. The van der Waals surface area contributed by atoms with Crippen LogP contribution < -0.4 is 5.32 Å². The van der Waals surface area contributed by atoms with E-state index in [9.17, 15) is 9.18 Å². The van der Waals surface area contributed by atoms with Crippen molar-refractivity contribution in [1.82, 2.24) is 15.3 Å². The number of H-pyrrole nitrogens is 1. The van der Waals surface area contributed by atoms with Crippen molar-refractivity contribution in [3.8, 4) is 0 Å². The predicted molar refractivity (Wildman–Crippen MR) is 70.9 cm³/mol. The van der Waals surface area contributed by atoms with Crippen molar-refractivity contribution in [2.24, 2.45) is 0 Å². The number of nitrogens with one attached hydrogen (secondary N) is 2. The minimum Gasteiger partial charge on any atom is -0.347 e. The molecule has 0 aliphatic carbocycles. The Morgan fingerprint density at radius 3 is 3.05 bits per heavy atom. The van der Waals surface area contributed by atoms with E-state index in [4.69, 9.17) is 11.6 Å². The molecule has 2 rings (SSSR count). The Kier molecular flexibility index (Phi) is 4.30. The Bertz CT molecular complexity index is 596. The monoisotopic (exact) mass is 279 g/mol. The van der Waals surface area contributed by atoms with E-state index in [-0.39, 0.29) is 10.9 Å². The molecule has 0 radical (unpaired) electrons. The molecular weight excluding hydrogens is 269 g/mol. The van der Waals surface area contributed by atoms with E-state index >= 15 is 0 Å². The van der Waals surface area contributed by atoms with E-state index in [0.29, 0.717) is 17.9 Å². The zero-order chi connectivity index (χ0) is 13.7. The third-order valence-electron chi connectivity index (χ3n) is 2.36. The second-order valence-electron chi connectivity index (χ2n) is 3.76. The van der Waals surface area contributed by atoms with Crippen LogP contribution in [0.3, 0.4) is 0 Å². The summed E-state index contributed by atoms with van der Waals surface area (Å²) in [6, 6.07) is 4.24. The van der Waals surface area contributed by atoms with Crippen LogP contribution in [0.5, 0.6) is 0 Å². The molecule has 6 heteroatoms. The Balaban J connectivity index is 1.90. The van der Waals surface area contributed by atoms with Gasteiger partial charge in [0.15, 0.2) is 0 Å². The Morgan fingerprint density at radius 2 is 2.37 bits per heavy atom. The number of rotatable bonds is 4. The minimum atomic E-state index is -0.485. The molecule has 2 aromatic rings. The minimum absolute atomic E-state index is 0.0261. The second-order valence-corrected chi connectivity index (χ2v) is 4.17. The van der Waals surface area contributed by atoms with Crippen LogP contribution in [0.1, 0.15) is 11.4 Å².